The number of ether oxygens (including phenoxy) is 2. The molecule has 1 aliphatic heterocycles. The average Bonchev–Trinajstić information content (AvgIpc) is 2.60. The van der Waals surface area contributed by atoms with Gasteiger partial charge in [0.05, 0.1) is 12.0 Å². The van der Waals surface area contributed by atoms with E-state index < -0.39 is 11.7 Å². The summed E-state index contributed by atoms with van der Waals surface area (Å²) in [6, 6.07) is 18.6. The fourth-order valence-corrected chi connectivity index (χ4v) is 3.25. The van der Waals surface area contributed by atoms with E-state index in [-0.39, 0.29) is 12.0 Å². The van der Waals surface area contributed by atoms with Gasteiger partial charge in [0.25, 0.3) is 0 Å². The summed E-state index contributed by atoms with van der Waals surface area (Å²) in [6.07, 6.45) is 0.786. The van der Waals surface area contributed by atoms with Crippen molar-refractivity contribution < 1.29 is 14.3 Å². The SMILES string of the molecule is C[C@H]1OC[C@](C)(C[C@H](N)Cc2ccc(-c3ccccc3)cc2)C(=O)O1. The molecule has 0 spiro atoms. The molecule has 0 amide bonds. The number of benzene rings is 2. The van der Waals surface area contributed by atoms with Crippen LogP contribution in [0.15, 0.2) is 54.6 Å². The monoisotopic (exact) mass is 339 g/mol. The molecule has 3 atom stereocenters. The molecule has 1 fully saturated rings. The van der Waals surface area contributed by atoms with Crippen LogP contribution in [0.1, 0.15) is 25.8 Å². The lowest BCUT2D eigenvalue weighted by Gasteiger charge is -2.35. The molecular formula is C21H25NO3. The molecule has 2 aromatic rings. The molecule has 4 heteroatoms. The molecule has 0 bridgehead atoms. The van der Waals surface area contributed by atoms with Crippen LogP contribution in [0, 0.1) is 5.41 Å². The maximum Gasteiger partial charge on any atom is 0.316 e. The number of nitrogens with two attached hydrogens (primary N) is 1. The van der Waals surface area contributed by atoms with Crippen LogP contribution in [0.5, 0.6) is 0 Å². The number of esters is 1. The first-order valence-electron chi connectivity index (χ1n) is 8.69. The first kappa shape index (κ1) is 17.6. The Hall–Kier alpha value is -2.17. The highest BCUT2D eigenvalue weighted by molar-refractivity contribution is 5.77. The second-order valence-corrected chi connectivity index (χ2v) is 7.08. The van der Waals surface area contributed by atoms with E-state index in [9.17, 15) is 4.79 Å². The molecule has 1 saturated heterocycles. The van der Waals surface area contributed by atoms with Gasteiger partial charge in [-0.15, -0.1) is 0 Å². The molecule has 0 unspecified atom stereocenters. The van der Waals surface area contributed by atoms with Crippen molar-refractivity contribution in [3.8, 4) is 11.1 Å². The fraction of sp³-hybridized carbons (Fsp3) is 0.381. The van der Waals surface area contributed by atoms with Crippen LogP contribution in [0.3, 0.4) is 0 Å². The number of rotatable bonds is 5. The van der Waals surface area contributed by atoms with Crippen molar-refractivity contribution in [2.24, 2.45) is 11.1 Å². The average molecular weight is 339 g/mol. The van der Waals surface area contributed by atoms with Gasteiger partial charge < -0.3 is 15.2 Å². The summed E-state index contributed by atoms with van der Waals surface area (Å²) in [7, 11) is 0. The van der Waals surface area contributed by atoms with Crippen LogP contribution in [0.4, 0.5) is 0 Å². The lowest BCUT2D eigenvalue weighted by molar-refractivity contribution is -0.219. The van der Waals surface area contributed by atoms with Crippen LogP contribution in [-0.4, -0.2) is 24.9 Å². The van der Waals surface area contributed by atoms with E-state index in [1.807, 2.05) is 25.1 Å². The Labute approximate surface area is 148 Å². The van der Waals surface area contributed by atoms with E-state index in [1.165, 1.54) is 11.1 Å². The third kappa shape index (κ3) is 4.27. The second kappa shape index (κ2) is 7.38. The molecular weight excluding hydrogens is 314 g/mol. The van der Waals surface area contributed by atoms with Crippen molar-refractivity contribution in [2.45, 2.75) is 39.0 Å². The van der Waals surface area contributed by atoms with Gasteiger partial charge in [0.2, 0.25) is 0 Å². The van der Waals surface area contributed by atoms with Gasteiger partial charge in [0.1, 0.15) is 0 Å². The van der Waals surface area contributed by atoms with Crippen molar-refractivity contribution in [3.05, 3.63) is 60.2 Å². The molecule has 132 valence electrons. The number of hydrogen-bond donors (Lipinski definition) is 1. The smallest absolute Gasteiger partial charge is 0.316 e. The van der Waals surface area contributed by atoms with Gasteiger partial charge in [-0.2, -0.15) is 0 Å². The molecule has 0 saturated carbocycles. The predicted octanol–water partition coefficient (Wildman–Crippen LogP) is 3.54. The molecule has 4 nitrogen and oxygen atoms in total. The van der Waals surface area contributed by atoms with Crippen molar-refractivity contribution in [1.82, 2.24) is 0 Å². The van der Waals surface area contributed by atoms with Gasteiger partial charge in [0, 0.05) is 6.04 Å². The normalized spacial score (nSPS) is 24.6. The van der Waals surface area contributed by atoms with Crippen LogP contribution < -0.4 is 5.73 Å². The predicted molar refractivity (Wildman–Crippen MR) is 97.8 cm³/mol. The van der Waals surface area contributed by atoms with Crippen LogP contribution in [-0.2, 0) is 20.7 Å². The lowest BCUT2D eigenvalue weighted by Crippen LogP contribution is -2.46. The standard InChI is InChI=1S/C21H25NO3/c1-15-24-14-21(2,20(23)25-15)13-19(22)12-16-8-10-18(11-9-16)17-6-4-3-5-7-17/h3-11,15,19H,12-14,22H2,1-2H3/t15-,19+,21-/m0/s1. The minimum atomic E-state index is -0.671. The summed E-state index contributed by atoms with van der Waals surface area (Å²) >= 11 is 0. The first-order chi connectivity index (χ1) is 12.0. The van der Waals surface area contributed by atoms with E-state index >= 15 is 0 Å². The van der Waals surface area contributed by atoms with E-state index in [0.717, 1.165) is 5.56 Å². The number of carbonyl (C=O) groups is 1. The lowest BCUT2D eigenvalue weighted by atomic mass is 9.82. The quantitative estimate of drug-likeness (QED) is 0.847. The topological polar surface area (TPSA) is 61.5 Å². The molecule has 2 aromatic carbocycles. The third-order valence-corrected chi connectivity index (χ3v) is 4.67. The maximum atomic E-state index is 12.2. The minimum absolute atomic E-state index is 0.128. The minimum Gasteiger partial charge on any atom is -0.436 e. The summed E-state index contributed by atoms with van der Waals surface area (Å²) in [4.78, 5) is 12.2. The van der Waals surface area contributed by atoms with Gasteiger partial charge in [-0.3, -0.25) is 4.79 Å². The molecule has 0 aromatic heterocycles. The van der Waals surface area contributed by atoms with Gasteiger partial charge in [-0.25, -0.2) is 0 Å². The fourth-order valence-electron chi connectivity index (χ4n) is 3.25. The van der Waals surface area contributed by atoms with Crippen molar-refractivity contribution in [2.75, 3.05) is 6.61 Å². The van der Waals surface area contributed by atoms with Crippen LogP contribution >= 0.6 is 0 Å². The second-order valence-electron chi connectivity index (χ2n) is 7.08. The van der Waals surface area contributed by atoms with Gasteiger partial charge >= 0.3 is 5.97 Å². The molecule has 25 heavy (non-hydrogen) atoms. The summed E-state index contributed by atoms with van der Waals surface area (Å²) in [6.45, 7) is 3.94. The summed E-state index contributed by atoms with van der Waals surface area (Å²) < 4.78 is 10.7. The van der Waals surface area contributed by atoms with E-state index in [4.69, 9.17) is 15.2 Å². The van der Waals surface area contributed by atoms with E-state index in [0.29, 0.717) is 19.4 Å². The zero-order valence-electron chi connectivity index (χ0n) is 14.8. The summed E-state index contributed by atoms with van der Waals surface area (Å²) in [5, 5.41) is 0. The number of cyclic esters (lactones) is 1. The zero-order chi connectivity index (χ0) is 17.9. The Morgan fingerprint density at radius 3 is 2.40 bits per heavy atom. The van der Waals surface area contributed by atoms with Gasteiger partial charge in [0.15, 0.2) is 6.29 Å². The largest absolute Gasteiger partial charge is 0.436 e. The Morgan fingerprint density at radius 1 is 1.12 bits per heavy atom. The Morgan fingerprint density at radius 2 is 1.76 bits per heavy atom. The third-order valence-electron chi connectivity index (χ3n) is 4.67. The highest BCUT2D eigenvalue weighted by Crippen LogP contribution is 2.31. The summed E-state index contributed by atoms with van der Waals surface area (Å²) in [5.74, 6) is -0.221. The van der Waals surface area contributed by atoms with Crippen molar-refractivity contribution in [3.63, 3.8) is 0 Å². The zero-order valence-corrected chi connectivity index (χ0v) is 14.8. The summed E-state index contributed by atoms with van der Waals surface area (Å²) in [5.41, 5.74) is 9.17. The molecule has 3 rings (SSSR count). The van der Waals surface area contributed by atoms with Gasteiger partial charge in [-0.05, 0) is 43.4 Å². The van der Waals surface area contributed by atoms with Crippen LogP contribution in [0.25, 0.3) is 11.1 Å². The first-order valence-corrected chi connectivity index (χ1v) is 8.69. The highest BCUT2D eigenvalue weighted by atomic mass is 16.7. The van der Waals surface area contributed by atoms with E-state index in [2.05, 4.69) is 36.4 Å². The maximum absolute atomic E-state index is 12.2. The molecule has 0 aliphatic carbocycles. The molecule has 1 aliphatic rings. The van der Waals surface area contributed by atoms with Crippen LogP contribution in [0.2, 0.25) is 0 Å². The molecule has 1 heterocycles. The number of carbonyl (C=O) groups excluding carboxylic acids is 1. The van der Waals surface area contributed by atoms with Gasteiger partial charge in [-0.1, -0.05) is 54.6 Å². The Bertz CT molecular complexity index is 714. The Balaban J connectivity index is 1.61. The Kier molecular flexibility index (Phi) is 5.21. The van der Waals surface area contributed by atoms with E-state index in [1.54, 1.807) is 6.92 Å². The molecule has 2 N–H and O–H groups in total. The van der Waals surface area contributed by atoms with Crippen molar-refractivity contribution >= 4 is 5.97 Å². The van der Waals surface area contributed by atoms with Crippen molar-refractivity contribution in [1.29, 1.82) is 0 Å². The number of hydrogen-bond acceptors (Lipinski definition) is 4. The molecule has 0 radical (unpaired) electrons. The highest BCUT2D eigenvalue weighted by Gasteiger charge is 2.41.